The zero-order valence-electron chi connectivity index (χ0n) is 23.9. The summed E-state index contributed by atoms with van der Waals surface area (Å²) in [6.07, 6.45) is -0.639. The number of amides is 1. The van der Waals surface area contributed by atoms with Crippen molar-refractivity contribution in [2.45, 2.75) is 62.8 Å². The standard InChI is InChI=1S/C32H41NO4SSi/c1-31(2,3)37-30(35)33-28(29(34)36-22-23-39(4,5)6)24-38-32(25-16-10-7-11-17-25,26-18-12-8-13-19-26)27-20-14-9-15-21-27/h7-21,28H,22-24H2,1-6H3,(H,33,35)/t28-/m0/s1. The monoisotopic (exact) mass is 563 g/mol. The minimum absolute atomic E-state index is 0.281. The molecule has 39 heavy (non-hydrogen) atoms. The highest BCUT2D eigenvalue weighted by atomic mass is 32.2. The number of carbonyl (C=O) groups excluding carboxylic acids is 2. The van der Waals surface area contributed by atoms with Crippen molar-refractivity contribution >= 4 is 31.9 Å². The van der Waals surface area contributed by atoms with E-state index in [1.165, 1.54) is 0 Å². The van der Waals surface area contributed by atoms with E-state index < -0.39 is 36.5 Å². The molecule has 0 unspecified atom stereocenters. The molecule has 0 heterocycles. The van der Waals surface area contributed by atoms with E-state index in [0.717, 1.165) is 22.7 Å². The maximum absolute atomic E-state index is 13.4. The summed E-state index contributed by atoms with van der Waals surface area (Å²) >= 11 is 1.60. The van der Waals surface area contributed by atoms with Crippen molar-refractivity contribution in [3.63, 3.8) is 0 Å². The second kappa shape index (κ2) is 13.4. The molecule has 3 aromatic carbocycles. The molecule has 0 aliphatic carbocycles. The number of hydrogen-bond donors (Lipinski definition) is 1. The van der Waals surface area contributed by atoms with E-state index >= 15 is 0 Å². The van der Waals surface area contributed by atoms with E-state index in [1.54, 1.807) is 32.5 Å². The van der Waals surface area contributed by atoms with Gasteiger partial charge >= 0.3 is 12.1 Å². The molecule has 0 aliphatic heterocycles. The van der Waals surface area contributed by atoms with Gasteiger partial charge in [-0.15, -0.1) is 11.8 Å². The number of benzene rings is 3. The number of hydrogen-bond acceptors (Lipinski definition) is 5. The predicted octanol–water partition coefficient (Wildman–Crippen LogP) is 7.49. The summed E-state index contributed by atoms with van der Waals surface area (Å²) in [6.45, 7) is 12.5. The molecule has 0 spiro atoms. The first kappa shape index (κ1) is 30.5. The van der Waals surface area contributed by atoms with Crippen LogP contribution in [-0.2, 0) is 19.0 Å². The number of nitrogens with one attached hydrogen (secondary N) is 1. The van der Waals surface area contributed by atoms with Gasteiger partial charge in [-0.2, -0.15) is 0 Å². The Bertz CT molecular complexity index is 1090. The topological polar surface area (TPSA) is 64.6 Å². The Morgan fingerprint density at radius 1 is 0.795 bits per heavy atom. The second-order valence-corrected chi connectivity index (χ2v) is 18.6. The third kappa shape index (κ3) is 9.00. The van der Waals surface area contributed by atoms with Crippen molar-refractivity contribution in [1.82, 2.24) is 5.32 Å². The average Bonchev–Trinajstić information content (AvgIpc) is 2.88. The molecule has 1 amide bonds. The highest BCUT2D eigenvalue weighted by molar-refractivity contribution is 8.00. The van der Waals surface area contributed by atoms with E-state index in [-0.39, 0.29) is 5.75 Å². The quantitative estimate of drug-likeness (QED) is 0.149. The van der Waals surface area contributed by atoms with E-state index in [0.29, 0.717) is 6.61 Å². The summed E-state index contributed by atoms with van der Waals surface area (Å²) in [5.41, 5.74) is 2.55. The van der Waals surface area contributed by atoms with Crippen molar-refractivity contribution in [2.75, 3.05) is 12.4 Å². The van der Waals surface area contributed by atoms with Gasteiger partial charge < -0.3 is 14.8 Å². The van der Waals surface area contributed by atoms with Crippen LogP contribution in [0.25, 0.3) is 0 Å². The van der Waals surface area contributed by atoms with Gasteiger partial charge in [0.05, 0.1) is 11.4 Å². The molecule has 1 N–H and O–H groups in total. The molecule has 0 saturated heterocycles. The highest BCUT2D eigenvalue weighted by Crippen LogP contribution is 2.48. The van der Waals surface area contributed by atoms with Gasteiger partial charge in [-0.3, -0.25) is 0 Å². The number of ether oxygens (including phenoxy) is 2. The second-order valence-electron chi connectivity index (χ2n) is 11.8. The van der Waals surface area contributed by atoms with Crippen LogP contribution >= 0.6 is 11.8 Å². The number of alkyl carbamates (subject to hydrolysis) is 1. The smallest absolute Gasteiger partial charge is 0.408 e. The zero-order valence-corrected chi connectivity index (χ0v) is 25.7. The summed E-state index contributed by atoms with van der Waals surface area (Å²) in [6, 6.07) is 30.8. The first-order valence-electron chi connectivity index (χ1n) is 13.4. The van der Waals surface area contributed by atoms with E-state index in [9.17, 15) is 9.59 Å². The lowest BCUT2D eigenvalue weighted by Gasteiger charge is -2.36. The van der Waals surface area contributed by atoms with E-state index in [2.05, 4.69) is 61.4 Å². The van der Waals surface area contributed by atoms with Crippen LogP contribution in [0.2, 0.25) is 25.7 Å². The predicted molar refractivity (Wildman–Crippen MR) is 164 cm³/mol. The summed E-state index contributed by atoms with van der Waals surface area (Å²) in [5.74, 6) is -0.168. The number of thioether (sulfide) groups is 1. The maximum atomic E-state index is 13.4. The van der Waals surface area contributed by atoms with Gasteiger partial charge in [0.25, 0.3) is 0 Å². The molecule has 0 saturated carbocycles. The van der Waals surface area contributed by atoms with Crippen LogP contribution in [0, 0.1) is 0 Å². The number of carbonyl (C=O) groups is 2. The van der Waals surface area contributed by atoms with Gasteiger partial charge in [0.1, 0.15) is 11.6 Å². The summed E-state index contributed by atoms with van der Waals surface area (Å²) in [4.78, 5) is 26.2. The first-order chi connectivity index (χ1) is 18.4. The third-order valence-corrected chi connectivity index (χ3v) is 9.42. The summed E-state index contributed by atoms with van der Waals surface area (Å²) < 4.78 is 10.6. The molecule has 0 radical (unpaired) electrons. The van der Waals surface area contributed by atoms with Crippen LogP contribution < -0.4 is 5.32 Å². The lowest BCUT2D eigenvalue weighted by Crippen LogP contribution is -2.46. The minimum atomic E-state index is -1.40. The molecule has 1 atom stereocenters. The van der Waals surface area contributed by atoms with Crippen molar-refractivity contribution in [3.05, 3.63) is 108 Å². The SMILES string of the molecule is CC(C)(C)OC(=O)N[C@@H](CSC(c1ccccc1)(c1ccccc1)c1ccccc1)C(=O)OCC[Si](C)(C)C. The van der Waals surface area contributed by atoms with Crippen LogP contribution in [-0.4, -0.2) is 44.1 Å². The van der Waals surface area contributed by atoms with Crippen molar-refractivity contribution in [1.29, 1.82) is 0 Å². The molecule has 3 aromatic rings. The largest absolute Gasteiger partial charge is 0.464 e. The van der Waals surface area contributed by atoms with Crippen LogP contribution in [0.4, 0.5) is 4.79 Å². The first-order valence-corrected chi connectivity index (χ1v) is 18.1. The van der Waals surface area contributed by atoms with Gasteiger partial charge in [0.2, 0.25) is 0 Å². The van der Waals surface area contributed by atoms with E-state index in [1.807, 2.05) is 54.6 Å². The van der Waals surface area contributed by atoms with Gasteiger partial charge in [-0.25, -0.2) is 9.59 Å². The Balaban J connectivity index is 2.00. The van der Waals surface area contributed by atoms with Gasteiger partial charge in [-0.05, 0) is 43.5 Å². The Morgan fingerprint density at radius 3 is 1.62 bits per heavy atom. The van der Waals surface area contributed by atoms with Crippen LogP contribution in [0.15, 0.2) is 91.0 Å². The lowest BCUT2D eigenvalue weighted by molar-refractivity contribution is -0.145. The Kier molecular flexibility index (Phi) is 10.4. The highest BCUT2D eigenvalue weighted by Gasteiger charge is 2.39. The van der Waals surface area contributed by atoms with Gasteiger partial charge in [0, 0.05) is 13.8 Å². The molecular formula is C32H41NO4SSi. The fourth-order valence-electron chi connectivity index (χ4n) is 4.15. The maximum Gasteiger partial charge on any atom is 0.408 e. The molecule has 7 heteroatoms. The molecule has 0 fully saturated rings. The van der Waals surface area contributed by atoms with Gasteiger partial charge in [0.15, 0.2) is 0 Å². The Morgan fingerprint density at radius 2 is 1.23 bits per heavy atom. The summed E-state index contributed by atoms with van der Waals surface area (Å²) in [7, 11) is -1.40. The number of rotatable bonds is 11. The van der Waals surface area contributed by atoms with Crippen molar-refractivity contribution < 1.29 is 19.1 Å². The Hall–Kier alpha value is -3.03. The fraction of sp³-hybridized carbons (Fsp3) is 0.375. The van der Waals surface area contributed by atoms with E-state index in [4.69, 9.17) is 9.47 Å². The minimum Gasteiger partial charge on any atom is -0.464 e. The molecule has 0 aromatic heterocycles. The summed E-state index contributed by atoms with van der Waals surface area (Å²) in [5, 5.41) is 2.80. The lowest BCUT2D eigenvalue weighted by atomic mass is 9.84. The van der Waals surface area contributed by atoms with Crippen LogP contribution in [0.5, 0.6) is 0 Å². The molecule has 3 rings (SSSR count). The molecule has 0 bridgehead atoms. The third-order valence-electron chi connectivity index (χ3n) is 6.08. The Labute approximate surface area is 238 Å². The molecule has 5 nitrogen and oxygen atoms in total. The fourth-order valence-corrected chi connectivity index (χ4v) is 6.41. The normalized spacial score (nSPS) is 12.9. The molecule has 208 valence electrons. The number of esters is 1. The van der Waals surface area contributed by atoms with Crippen LogP contribution in [0.3, 0.4) is 0 Å². The van der Waals surface area contributed by atoms with Crippen molar-refractivity contribution in [2.24, 2.45) is 0 Å². The molecule has 0 aliphatic rings. The average molecular weight is 564 g/mol. The van der Waals surface area contributed by atoms with Gasteiger partial charge in [-0.1, -0.05) is 111 Å². The zero-order chi connectivity index (χ0) is 28.5. The van der Waals surface area contributed by atoms with Crippen molar-refractivity contribution in [3.8, 4) is 0 Å². The van der Waals surface area contributed by atoms with Crippen LogP contribution in [0.1, 0.15) is 37.5 Å². The molecular weight excluding hydrogens is 523 g/mol.